The van der Waals surface area contributed by atoms with Crippen LogP contribution < -0.4 is 5.32 Å². The first-order valence-corrected chi connectivity index (χ1v) is 7.14. The molecule has 2 aromatic heterocycles. The summed E-state index contributed by atoms with van der Waals surface area (Å²) < 4.78 is 4.29. The summed E-state index contributed by atoms with van der Waals surface area (Å²) >= 11 is 0. The van der Waals surface area contributed by atoms with E-state index in [2.05, 4.69) is 59.4 Å². The first-order valence-electron chi connectivity index (χ1n) is 7.14. The zero-order valence-corrected chi connectivity index (χ0v) is 11.7. The molecule has 0 aliphatic heterocycles. The standard InChI is InChI=1S/C15H22N4/c1-12(2)19-9-7-14(17-19)11-18-8-3-4-15(18)10-16-13-5-6-13/h3-4,7-9,12-13,16H,5-6,10-11H2,1-2H3. The molecular weight excluding hydrogens is 236 g/mol. The van der Waals surface area contributed by atoms with Crippen LogP contribution in [0.1, 0.15) is 44.1 Å². The second-order valence-corrected chi connectivity index (χ2v) is 5.66. The van der Waals surface area contributed by atoms with Crippen LogP contribution in [-0.4, -0.2) is 20.4 Å². The second kappa shape index (κ2) is 5.21. The summed E-state index contributed by atoms with van der Waals surface area (Å²) in [5.74, 6) is 0. The lowest BCUT2D eigenvalue weighted by Crippen LogP contribution is -2.18. The number of rotatable bonds is 6. The van der Waals surface area contributed by atoms with Crippen LogP contribution >= 0.6 is 0 Å². The molecule has 0 atom stereocenters. The van der Waals surface area contributed by atoms with Crippen molar-refractivity contribution in [2.75, 3.05) is 0 Å². The Morgan fingerprint density at radius 3 is 2.84 bits per heavy atom. The molecule has 1 aliphatic carbocycles. The third-order valence-corrected chi connectivity index (χ3v) is 3.60. The van der Waals surface area contributed by atoms with Gasteiger partial charge in [0.1, 0.15) is 0 Å². The zero-order chi connectivity index (χ0) is 13.2. The highest BCUT2D eigenvalue weighted by molar-refractivity contribution is 5.11. The van der Waals surface area contributed by atoms with E-state index in [4.69, 9.17) is 0 Å². The van der Waals surface area contributed by atoms with Crippen molar-refractivity contribution < 1.29 is 0 Å². The Morgan fingerprint density at radius 1 is 1.32 bits per heavy atom. The van der Waals surface area contributed by atoms with E-state index in [0.717, 1.165) is 24.8 Å². The van der Waals surface area contributed by atoms with E-state index in [0.29, 0.717) is 6.04 Å². The summed E-state index contributed by atoms with van der Waals surface area (Å²) in [5.41, 5.74) is 2.46. The Kier molecular flexibility index (Phi) is 3.42. The summed E-state index contributed by atoms with van der Waals surface area (Å²) in [6.45, 7) is 6.12. The predicted octanol–water partition coefficient (Wildman–Crippen LogP) is 2.57. The molecule has 4 nitrogen and oxygen atoms in total. The molecule has 1 fully saturated rings. The van der Waals surface area contributed by atoms with Gasteiger partial charge in [-0.1, -0.05) is 0 Å². The fourth-order valence-electron chi connectivity index (χ4n) is 2.22. The highest BCUT2D eigenvalue weighted by Gasteiger charge is 2.20. The molecule has 0 saturated heterocycles. The quantitative estimate of drug-likeness (QED) is 0.864. The van der Waals surface area contributed by atoms with Crippen molar-refractivity contribution in [3.63, 3.8) is 0 Å². The maximum absolute atomic E-state index is 4.61. The topological polar surface area (TPSA) is 34.8 Å². The van der Waals surface area contributed by atoms with Gasteiger partial charge in [0, 0.05) is 36.7 Å². The summed E-state index contributed by atoms with van der Waals surface area (Å²) in [5, 5.41) is 8.17. The molecule has 19 heavy (non-hydrogen) atoms. The molecule has 1 aliphatic rings. The van der Waals surface area contributed by atoms with E-state index >= 15 is 0 Å². The Balaban J connectivity index is 1.65. The Morgan fingerprint density at radius 2 is 2.16 bits per heavy atom. The molecule has 1 saturated carbocycles. The number of hydrogen-bond donors (Lipinski definition) is 1. The van der Waals surface area contributed by atoms with Gasteiger partial charge in [-0.25, -0.2) is 0 Å². The van der Waals surface area contributed by atoms with Crippen LogP contribution in [0.25, 0.3) is 0 Å². The van der Waals surface area contributed by atoms with E-state index in [9.17, 15) is 0 Å². The van der Waals surface area contributed by atoms with Gasteiger partial charge in [0.05, 0.1) is 12.2 Å². The Hall–Kier alpha value is -1.55. The van der Waals surface area contributed by atoms with Crippen molar-refractivity contribution in [2.24, 2.45) is 0 Å². The maximum Gasteiger partial charge on any atom is 0.0821 e. The average molecular weight is 258 g/mol. The number of hydrogen-bond acceptors (Lipinski definition) is 2. The van der Waals surface area contributed by atoms with Crippen LogP contribution in [0.3, 0.4) is 0 Å². The second-order valence-electron chi connectivity index (χ2n) is 5.66. The van der Waals surface area contributed by atoms with Crippen molar-refractivity contribution in [1.82, 2.24) is 19.7 Å². The minimum Gasteiger partial charge on any atom is -0.344 e. The van der Waals surface area contributed by atoms with Crippen LogP contribution in [0.5, 0.6) is 0 Å². The van der Waals surface area contributed by atoms with Crippen molar-refractivity contribution in [3.8, 4) is 0 Å². The predicted molar refractivity (Wildman–Crippen MR) is 76.0 cm³/mol. The van der Waals surface area contributed by atoms with Crippen molar-refractivity contribution in [3.05, 3.63) is 42.0 Å². The van der Waals surface area contributed by atoms with E-state index < -0.39 is 0 Å². The smallest absolute Gasteiger partial charge is 0.0821 e. The molecule has 0 spiro atoms. The number of nitrogens with one attached hydrogen (secondary N) is 1. The van der Waals surface area contributed by atoms with Crippen LogP contribution in [-0.2, 0) is 13.1 Å². The molecule has 0 amide bonds. The molecular formula is C15H22N4. The maximum atomic E-state index is 4.61. The summed E-state index contributed by atoms with van der Waals surface area (Å²) in [6, 6.07) is 7.59. The fourth-order valence-corrected chi connectivity index (χ4v) is 2.22. The van der Waals surface area contributed by atoms with Gasteiger partial charge in [-0.2, -0.15) is 5.10 Å². The van der Waals surface area contributed by atoms with Gasteiger partial charge in [0.25, 0.3) is 0 Å². The van der Waals surface area contributed by atoms with E-state index in [-0.39, 0.29) is 0 Å². The summed E-state index contributed by atoms with van der Waals surface area (Å²) in [7, 11) is 0. The zero-order valence-electron chi connectivity index (χ0n) is 11.7. The minimum absolute atomic E-state index is 0.425. The van der Waals surface area contributed by atoms with Gasteiger partial charge in [0.2, 0.25) is 0 Å². The van der Waals surface area contributed by atoms with E-state index in [1.54, 1.807) is 0 Å². The van der Waals surface area contributed by atoms with Crippen LogP contribution in [0.4, 0.5) is 0 Å². The van der Waals surface area contributed by atoms with Crippen molar-refractivity contribution >= 4 is 0 Å². The first kappa shape index (κ1) is 12.5. The van der Waals surface area contributed by atoms with Gasteiger partial charge in [-0.15, -0.1) is 0 Å². The molecule has 2 heterocycles. The minimum atomic E-state index is 0.425. The van der Waals surface area contributed by atoms with E-state index in [1.165, 1.54) is 18.5 Å². The van der Waals surface area contributed by atoms with Crippen molar-refractivity contribution in [2.45, 2.75) is 51.9 Å². The SMILES string of the molecule is CC(C)n1ccc(Cn2cccc2CNC2CC2)n1. The Labute approximate surface area is 114 Å². The van der Waals surface area contributed by atoms with Crippen LogP contribution in [0.15, 0.2) is 30.6 Å². The van der Waals surface area contributed by atoms with Crippen molar-refractivity contribution in [1.29, 1.82) is 0 Å². The number of aromatic nitrogens is 3. The van der Waals surface area contributed by atoms with Crippen LogP contribution in [0, 0.1) is 0 Å². The molecule has 0 bridgehead atoms. The normalized spacial score (nSPS) is 15.3. The summed E-state index contributed by atoms with van der Waals surface area (Å²) in [6.07, 6.45) is 6.86. The molecule has 4 heteroatoms. The third-order valence-electron chi connectivity index (χ3n) is 3.60. The van der Waals surface area contributed by atoms with E-state index in [1.807, 2.05) is 4.68 Å². The summed E-state index contributed by atoms with van der Waals surface area (Å²) in [4.78, 5) is 0. The lowest BCUT2D eigenvalue weighted by atomic mass is 10.4. The first-order chi connectivity index (χ1) is 9.22. The van der Waals surface area contributed by atoms with Gasteiger partial charge in [-0.05, 0) is 44.9 Å². The molecule has 0 radical (unpaired) electrons. The fraction of sp³-hybridized carbons (Fsp3) is 0.533. The average Bonchev–Trinajstić information content (AvgIpc) is 2.92. The lowest BCUT2D eigenvalue weighted by Gasteiger charge is -2.09. The highest BCUT2D eigenvalue weighted by atomic mass is 15.3. The molecule has 0 unspecified atom stereocenters. The largest absolute Gasteiger partial charge is 0.344 e. The van der Waals surface area contributed by atoms with Gasteiger partial charge in [0.15, 0.2) is 0 Å². The highest BCUT2D eigenvalue weighted by Crippen LogP contribution is 2.19. The molecule has 1 N–H and O–H groups in total. The monoisotopic (exact) mass is 258 g/mol. The number of nitrogens with zero attached hydrogens (tertiary/aromatic N) is 3. The molecule has 3 rings (SSSR count). The van der Waals surface area contributed by atoms with Gasteiger partial charge in [-0.3, -0.25) is 4.68 Å². The lowest BCUT2D eigenvalue weighted by molar-refractivity contribution is 0.522. The van der Waals surface area contributed by atoms with Gasteiger partial charge < -0.3 is 9.88 Å². The molecule has 0 aromatic carbocycles. The molecule has 102 valence electrons. The Bertz CT molecular complexity index is 534. The third kappa shape index (κ3) is 3.07. The molecule has 2 aromatic rings. The van der Waals surface area contributed by atoms with Gasteiger partial charge >= 0.3 is 0 Å². The van der Waals surface area contributed by atoms with Crippen LogP contribution in [0.2, 0.25) is 0 Å².